The third kappa shape index (κ3) is 3.80. The Morgan fingerprint density at radius 3 is 2.38 bits per heavy atom. The van der Waals surface area contributed by atoms with Crippen LogP contribution in [0.15, 0.2) is 71.6 Å². The zero-order valence-electron chi connectivity index (χ0n) is 15.8. The van der Waals surface area contributed by atoms with Gasteiger partial charge in [-0.1, -0.05) is 16.3 Å². The number of ether oxygens (including phenoxy) is 2. The lowest BCUT2D eigenvalue weighted by Crippen LogP contribution is -2.21. The zero-order chi connectivity index (χ0) is 20.4. The van der Waals surface area contributed by atoms with Gasteiger partial charge in [0.15, 0.2) is 26.8 Å². The van der Waals surface area contributed by atoms with Crippen LogP contribution in [0.4, 0.5) is 5.69 Å². The summed E-state index contributed by atoms with van der Waals surface area (Å²) in [4.78, 5) is 7.88. The van der Waals surface area contributed by atoms with E-state index in [9.17, 15) is 8.76 Å². The number of rotatable bonds is 6. The third-order valence-electron chi connectivity index (χ3n) is 4.47. The fourth-order valence-electron chi connectivity index (χ4n) is 2.98. The Balaban J connectivity index is 1.57. The van der Waals surface area contributed by atoms with Crippen LogP contribution < -0.4 is 14.2 Å². The topological polar surface area (TPSA) is 99.3 Å². The molecule has 1 heterocycles. The van der Waals surface area contributed by atoms with Crippen molar-refractivity contribution in [2.45, 2.75) is 4.90 Å². The lowest BCUT2D eigenvalue weighted by molar-refractivity contribution is 0.353. The number of H-pyrrole nitrogens is 1. The van der Waals surface area contributed by atoms with E-state index in [4.69, 9.17) is 9.47 Å². The van der Waals surface area contributed by atoms with Crippen molar-refractivity contribution in [2.24, 2.45) is 0 Å². The van der Waals surface area contributed by atoms with Crippen molar-refractivity contribution >= 4 is 27.1 Å². The van der Waals surface area contributed by atoms with Crippen LogP contribution in [0.1, 0.15) is 0 Å². The lowest BCUT2D eigenvalue weighted by Gasteiger charge is -2.17. The number of nitrogens with zero attached hydrogens (tertiary/aromatic N) is 1. The second-order valence-electron chi connectivity index (χ2n) is 6.30. The van der Waals surface area contributed by atoms with E-state index in [2.05, 4.69) is 14.7 Å². The van der Waals surface area contributed by atoms with Gasteiger partial charge in [-0.2, -0.15) is 0 Å². The van der Waals surface area contributed by atoms with Gasteiger partial charge in [0.25, 0.3) is 0 Å². The average Bonchev–Trinajstić information content (AvgIpc) is 3.17. The zero-order valence-corrected chi connectivity index (χ0v) is 16.7. The predicted octanol–water partition coefficient (Wildman–Crippen LogP) is 4.26. The highest BCUT2D eigenvalue weighted by atomic mass is 32.3. The molecular formula is C21H19N3O4S. The molecule has 4 rings (SSSR count). The van der Waals surface area contributed by atoms with E-state index in [1.54, 1.807) is 18.2 Å². The Morgan fingerprint density at radius 1 is 0.966 bits per heavy atom. The first-order chi connectivity index (χ1) is 14.0. The molecule has 0 bridgehead atoms. The van der Waals surface area contributed by atoms with Gasteiger partial charge in [-0.25, -0.2) is 9.71 Å². The number of aromatic amines is 1. The summed E-state index contributed by atoms with van der Waals surface area (Å²) in [7, 11) is -0.827. The molecule has 0 radical (unpaired) electrons. The van der Waals surface area contributed by atoms with Gasteiger partial charge in [-0.3, -0.25) is 0 Å². The second-order valence-corrected chi connectivity index (χ2v) is 7.98. The van der Waals surface area contributed by atoms with E-state index < -0.39 is 10.4 Å². The van der Waals surface area contributed by atoms with E-state index >= 15 is 0 Å². The quantitative estimate of drug-likeness (QED) is 0.464. The molecule has 8 heteroatoms. The Labute approximate surface area is 169 Å². The molecule has 4 aromatic rings. The van der Waals surface area contributed by atoms with Gasteiger partial charge in [0.1, 0.15) is 5.82 Å². The highest BCUT2D eigenvalue weighted by Gasteiger charge is 2.22. The van der Waals surface area contributed by atoms with Crippen LogP contribution in [-0.4, -0.2) is 28.7 Å². The number of hydrogen-bond donors (Lipinski definition) is 2. The molecule has 0 amide bonds. The van der Waals surface area contributed by atoms with Crippen LogP contribution in [-0.2, 0) is 14.6 Å². The van der Waals surface area contributed by atoms with E-state index in [-0.39, 0.29) is 4.90 Å². The smallest absolute Gasteiger partial charge is 0.184 e. The van der Waals surface area contributed by atoms with E-state index in [1.807, 2.05) is 36.4 Å². The van der Waals surface area contributed by atoms with Gasteiger partial charge < -0.3 is 19.0 Å². The van der Waals surface area contributed by atoms with Crippen molar-refractivity contribution in [1.29, 1.82) is 0 Å². The minimum atomic E-state index is -3.78. The molecule has 2 N–H and O–H groups in total. The molecule has 0 spiro atoms. The van der Waals surface area contributed by atoms with Gasteiger partial charge in [-0.15, -0.1) is 0 Å². The summed E-state index contributed by atoms with van der Waals surface area (Å²) >= 11 is 0. The molecule has 148 valence electrons. The molecule has 0 saturated carbocycles. The Hall–Kier alpha value is -3.36. The van der Waals surface area contributed by atoms with Gasteiger partial charge in [0, 0.05) is 11.6 Å². The van der Waals surface area contributed by atoms with Crippen molar-refractivity contribution < 1.29 is 18.2 Å². The highest BCUT2D eigenvalue weighted by Crippen LogP contribution is 2.32. The maximum absolute atomic E-state index is 12.7. The van der Waals surface area contributed by atoms with Crippen LogP contribution >= 0.6 is 0 Å². The maximum atomic E-state index is 12.7. The van der Waals surface area contributed by atoms with Crippen molar-refractivity contribution in [1.82, 2.24) is 9.97 Å². The normalized spacial score (nSPS) is 13.1. The third-order valence-corrected chi connectivity index (χ3v) is 5.84. The van der Waals surface area contributed by atoms with Crippen molar-refractivity contribution in [2.75, 3.05) is 18.9 Å². The Kier molecular flexibility index (Phi) is 4.96. The molecule has 0 saturated heterocycles. The Morgan fingerprint density at radius 2 is 1.69 bits per heavy atom. The SMILES string of the molecule is COc1ccc([S+](=O)([O-])Nc2ccc(-c3nc4ccccc4[nH]3)cc2)cc1OC. The molecule has 29 heavy (non-hydrogen) atoms. The number of nitrogens with one attached hydrogen (secondary N) is 2. The number of fused-ring (bicyclic) bond motifs is 1. The minimum absolute atomic E-state index is 0.0801. The van der Waals surface area contributed by atoms with Crippen LogP contribution in [0, 0.1) is 0 Å². The van der Waals surface area contributed by atoms with E-state index in [0.29, 0.717) is 17.2 Å². The fraction of sp³-hybridized carbons (Fsp3) is 0.0952. The summed E-state index contributed by atoms with van der Waals surface area (Å²) in [6.45, 7) is 0. The summed E-state index contributed by atoms with van der Waals surface area (Å²) in [6.07, 6.45) is 0. The maximum Gasteiger partial charge on any atom is 0.184 e. The molecular weight excluding hydrogens is 390 g/mol. The van der Waals surface area contributed by atoms with Crippen LogP contribution in [0.2, 0.25) is 0 Å². The predicted molar refractivity (Wildman–Crippen MR) is 112 cm³/mol. The number of hydrogen-bond acceptors (Lipinski definition) is 5. The number of sulfonamides is 1. The van der Waals surface area contributed by atoms with Gasteiger partial charge in [0.05, 0.1) is 30.9 Å². The summed E-state index contributed by atoms with van der Waals surface area (Å²) in [6, 6.07) is 19.2. The molecule has 3 aromatic carbocycles. The summed E-state index contributed by atoms with van der Waals surface area (Å²) in [5, 5.41) is 0. The largest absolute Gasteiger partial charge is 0.588 e. The fourth-order valence-corrected chi connectivity index (χ4v) is 4.06. The van der Waals surface area contributed by atoms with Gasteiger partial charge >= 0.3 is 0 Å². The molecule has 0 aliphatic heterocycles. The summed E-state index contributed by atoms with van der Waals surface area (Å²) in [5.41, 5.74) is 3.12. The molecule has 7 nitrogen and oxygen atoms in total. The molecule has 0 aliphatic rings. The Bertz CT molecular complexity index is 1170. The molecule has 1 unspecified atom stereocenters. The number of para-hydroxylation sites is 2. The van der Waals surface area contributed by atoms with Crippen molar-refractivity contribution in [3.05, 3.63) is 66.7 Å². The number of imidazole rings is 1. The number of anilines is 1. The first kappa shape index (κ1) is 19.0. The van der Waals surface area contributed by atoms with Gasteiger partial charge in [0.2, 0.25) is 0 Å². The number of methoxy groups -OCH3 is 2. The first-order valence-corrected chi connectivity index (χ1v) is 10.3. The standard InChI is InChI=1S/C21H19N3O4S/c1-27-19-12-11-16(13-20(19)28-2)29(25,26)24-15-9-7-14(8-10-15)21-22-17-5-3-4-6-18(17)23-21/h3-13H,1-2H3,(H2-,22,23,24,25,26). The number of benzene rings is 3. The summed E-state index contributed by atoms with van der Waals surface area (Å²) < 4.78 is 38.3. The molecule has 0 aliphatic carbocycles. The van der Waals surface area contributed by atoms with Crippen LogP contribution in [0.3, 0.4) is 0 Å². The molecule has 1 aromatic heterocycles. The molecule has 1 atom stereocenters. The first-order valence-electron chi connectivity index (χ1n) is 8.80. The van der Waals surface area contributed by atoms with E-state index in [1.165, 1.54) is 26.4 Å². The highest BCUT2D eigenvalue weighted by molar-refractivity contribution is 7.98. The van der Waals surface area contributed by atoms with Gasteiger partial charge in [-0.05, 0) is 48.5 Å². The monoisotopic (exact) mass is 409 g/mol. The van der Waals surface area contributed by atoms with Crippen molar-refractivity contribution in [3.8, 4) is 22.9 Å². The van der Waals surface area contributed by atoms with Crippen molar-refractivity contribution in [3.63, 3.8) is 0 Å². The van der Waals surface area contributed by atoms with Crippen LogP contribution in [0.5, 0.6) is 11.5 Å². The minimum Gasteiger partial charge on any atom is -0.588 e. The van der Waals surface area contributed by atoms with E-state index in [0.717, 1.165) is 22.4 Å². The second kappa shape index (κ2) is 7.57. The number of aromatic nitrogens is 2. The van der Waals surface area contributed by atoms with Crippen LogP contribution in [0.25, 0.3) is 22.4 Å². The lowest BCUT2D eigenvalue weighted by atomic mass is 10.2. The average molecular weight is 409 g/mol. The molecule has 0 fully saturated rings. The summed E-state index contributed by atoms with van der Waals surface area (Å²) in [5.74, 6) is 1.53.